The molecule has 7 nitrogen and oxygen atoms in total. The summed E-state index contributed by atoms with van der Waals surface area (Å²) in [5.41, 5.74) is 2.49. The van der Waals surface area contributed by atoms with Gasteiger partial charge in [0.1, 0.15) is 5.75 Å². The van der Waals surface area contributed by atoms with Gasteiger partial charge >= 0.3 is 6.03 Å². The summed E-state index contributed by atoms with van der Waals surface area (Å²) in [5, 5.41) is 20.6. The Hall–Kier alpha value is -2.83. The number of carbonyl (C=O) groups excluding carboxylic acids is 2. The fraction of sp³-hybridized carbons (Fsp3) is 0.476. The van der Waals surface area contributed by atoms with E-state index in [-0.39, 0.29) is 23.7 Å². The molecule has 1 aliphatic rings. The summed E-state index contributed by atoms with van der Waals surface area (Å²) in [5.74, 6) is 0.209. The van der Waals surface area contributed by atoms with E-state index in [4.69, 9.17) is 0 Å². The van der Waals surface area contributed by atoms with Gasteiger partial charge in [0, 0.05) is 35.7 Å². The predicted octanol–water partition coefficient (Wildman–Crippen LogP) is 4.23. The van der Waals surface area contributed by atoms with Crippen LogP contribution in [0.15, 0.2) is 24.3 Å². The minimum atomic E-state index is -0.242. The van der Waals surface area contributed by atoms with Crippen molar-refractivity contribution in [1.82, 2.24) is 15.1 Å². The molecule has 2 amide bonds. The average molecular weight is 384 g/mol. The number of nitrogens with one attached hydrogen (secondary N) is 2. The lowest BCUT2D eigenvalue weighted by Gasteiger charge is -2.25. The van der Waals surface area contributed by atoms with Crippen LogP contribution in [0.3, 0.4) is 0 Å². The molecule has 1 saturated carbocycles. The van der Waals surface area contributed by atoms with Gasteiger partial charge in [-0.1, -0.05) is 20.3 Å². The van der Waals surface area contributed by atoms with E-state index in [9.17, 15) is 14.7 Å². The maximum absolute atomic E-state index is 12.7. The number of nitrogens with zero attached hydrogens (tertiary/aromatic N) is 2. The molecule has 1 aromatic carbocycles. The van der Waals surface area contributed by atoms with Gasteiger partial charge in [-0.15, -0.1) is 0 Å². The van der Waals surface area contributed by atoms with Crippen molar-refractivity contribution in [2.45, 2.75) is 64.8 Å². The summed E-state index contributed by atoms with van der Waals surface area (Å²) in [6.45, 7) is 5.74. The molecule has 1 aliphatic carbocycles. The highest BCUT2D eigenvalue weighted by molar-refractivity contribution is 5.91. The molecule has 1 atom stereocenters. The Labute approximate surface area is 165 Å². The number of anilines is 1. The fourth-order valence-electron chi connectivity index (χ4n) is 3.13. The second kappa shape index (κ2) is 8.46. The molecule has 1 aromatic heterocycles. The van der Waals surface area contributed by atoms with Crippen LogP contribution in [0, 0.1) is 0 Å². The third-order valence-electron chi connectivity index (χ3n) is 5.31. The smallest absolute Gasteiger partial charge is 0.342 e. The van der Waals surface area contributed by atoms with E-state index in [1.54, 1.807) is 19.1 Å². The van der Waals surface area contributed by atoms with Crippen molar-refractivity contribution in [2.24, 2.45) is 0 Å². The first-order valence-corrected chi connectivity index (χ1v) is 9.97. The van der Waals surface area contributed by atoms with Gasteiger partial charge in [0.2, 0.25) is 5.91 Å². The number of hydrogen-bond donors (Lipinski definition) is 3. The number of phenolic OH excluding ortho intramolecular Hbond substituents is 1. The highest BCUT2D eigenvalue weighted by atomic mass is 16.3. The number of benzene rings is 1. The molecule has 1 fully saturated rings. The Bertz CT molecular complexity index is 871. The molecule has 1 heterocycles. The van der Waals surface area contributed by atoms with Crippen LogP contribution in [-0.2, 0) is 4.79 Å². The molecule has 7 heteroatoms. The number of aromatic hydroxyl groups is 1. The summed E-state index contributed by atoms with van der Waals surface area (Å²) < 4.78 is 1.44. The first-order valence-electron chi connectivity index (χ1n) is 9.97. The standard InChI is InChI=1S/C21H28N4O3/c1-4-13(3)22-21(28)25-18(14-7-6-8-14)12-17(24-25)16-10-9-15(11-19(16)26)23-20(27)5-2/h9-14,26H,4-8H2,1-3H3,(H,22,28)(H,23,27). The maximum atomic E-state index is 12.7. The van der Waals surface area contributed by atoms with Crippen LogP contribution in [0.2, 0.25) is 0 Å². The van der Waals surface area contributed by atoms with E-state index in [0.29, 0.717) is 29.3 Å². The van der Waals surface area contributed by atoms with Gasteiger partial charge in [0.25, 0.3) is 0 Å². The minimum absolute atomic E-state index is 0.0149. The summed E-state index contributed by atoms with van der Waals surface area (Å²) in [6.07, 6.45) is 4.42. The van der Waals surface area contributed by atoms with Crippen LogP contribution in [-0.4, -0.2) is 32.9 Å². The molecular weight excluding hydrogens is 356 g/mol. The Morgan fingerprint density at radius 1 is 1.29 bits per heavy atom. The van der Waals surface area contributed by atoms with Gasteiger partial charge < -0.3 is 15.7 Å². The molecular formula is C21H28N4O3. The minimum Gasteiger partial charge on any atom is -0.507 e. The molecule has 1 unspecified atom stereocenters. The molecule has 2 aromatic rings. The van der Waals surface area contributed by atoms with Gasteiger partial charge in [-0.3, -0.25) is 4.79 Å². The zero-order chi connectivity index (χ0) is 20.3. The lowest BCUT2D eigenvalue weighted by atomic mass is 9.82. The van der Waals surface area contributed by atoms with Crippen LogP contribution in [0.25, 0.3) is 11.3 Å². The molecule has 28 heavy (non-hydrogen) atoms. The van der Waals surface area contributed by atoms with E-state index < -0.39 is 0 Å². The molecule has 0 aliphatic heterocycles. The second-order valence-electron chi connectivity index (χ2n) is 7.39. The van der Waals surface area contributed by atoms with Crippen LogP contribution < -0.4 is 10.6 Å². The number of aromatic nitrogens is 2. The third kappa shape index (κ3) is 4.18. The topological polar surface area (TPSA) is 96.3 Å². The van der Waals surface area contributed by atoms with E-state index in [1.807, 2.05) is 19.9 Å². The summed E-state index contributed by atoms with van der Waals surface area (Å²) in [7, 11) is 0. The summed E-state index contributed by atoms with van der Waals surface area (Å²) >= 11 is 0. The van der Waals surface area contributed by atoms with E-state index in [2.05, 4.69) is 15.7 Å². The van der Waals surface area contributed by atoms with Crippen molar-refractivity contribution >= 4 is 17.6 Å². The van der Waals surface area contributed by atoms with Crippen molar-refractivity contribution in [2.75, 3.05) is 5.32 Å². The highest BCUT2D eigenvalue weighted by Gasteiger charge is 2.28. The van der Waals surface area contributed by atoms with Gasteiger partial charge in [-0.2, -0.15) is 9.78 Å². The Kier molecular flexibility index (Phi) is 6.02. The zero-order valence-corrected chi connectivity index (χ0v) is 16.7. The van der Waals surface area contributed by atoms with Crippen LogP contribution >= 0.6 is 0 Å². The number of rotatable bonds is 6. The van der Waals surface area contributed by atoms with Gasteiger partial charge in [0.15, 0.2) is 0 Å². The van der Waals surface area contributed by atoms with Crippen molar-refractivity contribution in [3.05, 3.63) is 30.0 Å². The predicted molar refractivity (Wildman–Crippen MR) is 109 cm³/mol. The van der Waals surface area contributed by atoms with Crippen molar-refractivity contribution in [3.63, 3.8) is 0 Å². The molecule has 0 saturated heterocycles. The van der Waals surface area contributed by atoms with E-state index >= 15 is 0 Å². The maximum Gasteiger partial charge on any atom is 0.342 e. The van der Waals surface area contributed by atoms with Crippen LogP contribution in [0.5, 0.6) is 5.75 Å². The Morgan fingerprint density at radius 2 is 2.04 bits per heavy atom. The fourth-order valence-corrected chi connectivity index (χ4v) is 3.13. The van der Waals surface area contributed by atoms with Gasteiger partial charge in [0.05, 0.1) is 11.4 Å². The lowest BCUT2D eigenvalue weighted by molar-refractivity contribution is -0.115. The second-order valence-corrected chi connectivity index (χ2v) is 7.39. The third-order valence-corrected chi connectivity index (χ3v) is 5.31. The SMILES string of the molecule is CCC(=O)Nc1ccc(-c2cc(C3CCC3)n(C(=O)NC(C)CC)n2)c(O)c1. The quantitative estimate of drug-likeness (QED) is 0.694. The molecule has 0 spiro atoms. The summed E-state index contributed by atoms with van der Waals surface area (Å²) in [6, 6.07) is 6.65. The first-order chi connectivity index (χ1) is 13.4. The van der Waals surface area contributed by atoms with E-state index in [0.717, 1.165) is 31.4 Å². The normalized spacial score (nSPS) is 15.0. The number of carbonyl (C=O) groups is 2. The molecule has 150 valence electrons. The highest BCUT2D eigenvalue weighted by Crippen LogP contribution is 2.39. The zero-order valence-electron chi connectivity index (χ0n) is 16.7. The van der Waals surface area contributed by atoms with Crippen molar-refractivity contribution in [1.29, 1.82) is 0 Å². The van der Waals surface area contributed by atoms with Crippen LogP contribution in [0.4, 0.5) is 10.5 Å². The Balaban J connectivity index is 1.91. The van der Waals surface area contributed by atoms with Crippen LogP contribution in [0.1, 0.15) is 64.5 Å². The van der Waals surface area contributed by atoms with Gasteiger partial charge in [-0.25, -0.2) is 4.79 Å². The van der Waals surface area contributed by atoms with Crippen molar-refractivity contribution < 1.29 is 14.7 Å². The summed E-state index contributed by atoms with van der Waals surface area (Å²) in [4.78, 5) is 24.2. The monoisotopic (exact) mass is 384 g/mol. The lowest BCUT2D eigenvalue weighted by Crippen LogP contribution is -2.37. The Morgan fingerprint density at radius 3 is 2.61 bits per heavy atom. The number of amides is 2. The molecule has 0 radical (unpaired) electrons. The molecule has 0 bridgehead atoms. The molecule has 3 N–H and O–H groups in total. The first kappa shape index (κ1) is 19.9. The van der Waals surface area contributed by atoms with Crippen molar-refractivity contribution in [3.8, 4) is 17.0 Å². The van der Waals surface area contributed by atoms with E-state index in [1.165, 1.54) is 10.7 Å². The number of hydrogen-bond acceptors (Lipinski definition) is 4. The number of phenols is 1. The largest absolute Gasteiger partial charge is 0.507 e. The average Bonchev–Trinajstić information content (AvgIpc) is 3.04. The molecule has 3 rings (SSSR count). The van der Waals surface area contributed by atoms with Gasteiger partial charge in [-0.05, 0) is 44.4 Å².